The summed E-state index contributed by atoms with van der Waals surface area (Å²) in [4.78, 5) is 16.7. The second kappa shape index (κ2) is 8.03. The molecule has 0 unspecified atom stereocenters. The Kier molecular flexibility index (Phi) is 5.54. The van der Waals surface area contributed by atoms with E-state index >= 15 is 0 Å². The van der Waals surface area contributed by atoms with Crippen molar-refractivity contribution >= 4 is 11.7 Å². The Balaban J connectivity index is 1.96. The molecule has 1 aliphatic rings. The average molecular weight is 377 g/mol. The van der Waals surface area contributed by atoms with Gasteiger partial charge in [0.1, 0.15) is 24.7 Å². The standard InChI is InChI=1S/C19H17F2NO5/c1-24-18(23)12-5-3-4-11(8-12)16-10-15(22-25-2)14-7-6-13(26-19(20)21)9-17(14)27-16/h3-9,16,19H,10H2,1-2H3/t16-/m1/s1. The summed E-state index contributed by atoms with van der Waals surface area (Å²) in [5, 5.41) is 4.02. The number of carbonyl (C=O) groups excluding carboxylic acids is 1. The molecule has 3 rings (SSSR count). The molecule has 1 atom stereocenters. The van der Waals surface area contributed by atoms with E-state index < -0.39 is 18.7 Å². The van der Waals surface area contributed by atoms with Crippen molar-refractivity contribution in [1.29, 1.82) is 0 Å². The van der Waals surface area contributed by atoms with E-state index in [-0.39, 0.29) is 5.75 Å². The van der Waals surface area contributed by atoms with Crippen LogP contribution in [-0.4, -0.2) is 32.5 Å². The third-order valence-corrected chi connectivity index (χ3v) is 4.02. The largest absolute Gasteiger partial charge is 0.484 e. The normalized spacial score (nSPS) is 17.2. The molecule has 0 bridgehead atoms. The molecule has 0 saturated carbocycles. The van der Waals surface area contributed by atoms with Gasteiger partial charge in [-0.15, -0.1) is 0 Å². The summed E-state index contributed by atoms with van der Waals surface area (Å²) >= 11 is 0. The van der Waals surface area contributed by atoms with Crippen molar-refractivity contribution in [3.05, 3.63) is 59.2 Å². The number of hydrogen-bond donors (Lipinski definition) is 0. The van der Waals surface area contributed by atoms with Crippen molar-refractivity contribution in [1.82, 2.24) is 0 Å². The van der Waals surface area contributed by atoms with Crippen molar-refractivity contribution in [2.45, 2.75) is 19.1 Å². The van der Waals surface area contributed by atoms with Crippen molar-refractivity contribution in [3.8, 4) is 11.5 Å². The summed E-state index contributed by atoms with van der Waals surface area (Å²) in [7, 11) is 2.72. The minimum Gasteiger partial charge on any atom is -0.484 e. The van der Waals surface area contributed by atoms with Gasteiger partial charge in [0.2, 0.25) is 0 Å². The van der Waals surface area contributed by atoms with Crippen LogP contribution in [0.15, 0.2) is 47.6 Å². The zero-order valence-electron chi connectivity index (χ0n) is 14.6. The van der Waals surface area contributed by atoms with E-state index in [1.165, 1.54) is 26.4 Å². The van der Waals surface area contributed by atoms with Crippen LogP contribution < -0.4 is 9.47 Å². The second-order valence-electron chi connectivity index (χ2n) is 5.68. The van der Waals surface area contributed by atoms with E-state index in [1.54, 1.807) is 30.3 Å². The summed E-state index contributed by atoms with van der Waals surface area (Å²) in [6.45, 7) is -2.94. The number of carbonyl (C=O) groups is 1. The predicted octanol–water partition coefficient (Wildman–Crippen LogP) is 3.95. The number of ether oxygens (including phenoxy) is 3. The number of hydrogen-bond acceptors (Lipinski definition) is 6. The summed E-state index contributed by atoms with van der Waals surface area (Å²) in [5.41, 5.74) is 2.31. The molecule has 27 heavy (non-hydrogen) atoms. The number of alkyl halides is 2. The molecule has 0 aliphatic carbocycles. The van der Waals surface area contributed by atoms with E-state index in [9.17, 15) is 13.6 Å². The Hall–Kier alpha value is -3.16. The summed E-state index contributed by atoms with van der Waals surface area (Å²) in [6.07, 6.45) is -0.113. The Morgan fingerprint density at radius 1 is 1.22 bits per heavy atom. The lowest BCUT2D eigenvalue weighted by Gasteiger charge is -2.27. The first kappa shape index (κ1) is 18.6. The summed E-state index contributed by atoms with van der Waals surface area (Å²) in [6, 6.07) is 11.2. The fourth-order valence-electron chi connectivity index (χ4n) is 2.86. The number of benzene rings is 2. The lowest BCUT2D eigenvalue weighted by atomic mass is 9.94. The summed E-state index contributed by atoms with van der Waals surface area (Å²) < 4.78 is 40.1. The van der Waals surface area contributed by atoms with Gasteiger partial charge in [-0.2, -0.15) is 8.78 Å². The second-order valence-corrected chi connectivity index (χ2v) is 5.68. The first-order valence-corrected chi connectivity index (χ1v) is 8.06. The lowest BCUT2D eigenvalue weighted by molar-refractivity contribution is -0.0500. The maximum atomic E-state index is 12.5. The number of halogens is 2. The minimum atomic E-state index is -2.94. The van der Waals surface area contributed by atoms with Gasteiger partial charge in [0.05, 0.1) is 18.4 Å². The highest BCUT2D eigenvalue weighted by Crippen LogP contribution is 2.38. The van der Waals surface area contributed by atoms with Crippen LogP contribution >= 0.6 is 0 Å². The molecule has 8 heteroatoms. The first-order valence-electron chi connectivity index (χ1n) is 8.06. The monoisotopic (exact) mass is 377 g/mol. The van der Waals surface area contributed by atoms with Gasteiger partial charge in [-0.25, -0.2) is 4.79 Å². The van der Waals surface area contributed by atoms with Crippen LogP contribution in [0.25, 0.3) is 0 Å². The molecule has 0 spiro atoms. The zero-order valence-corrected chi connectivity index (χ0v) is 14.6. The maximum Gasteiger partial charge on any atom is 0.387 e. The van der Waals surface area contributed by atoms with Gasteiger partial charge >= 0.3 is 12.6 Å². The Morgan fingerprint density at radius 3 is 2.74 bits per heavy atom. The van der Waals surface area contributed by atoms with Crippen LogP contribution in [0.1, 0.15) is 34.0 Å². The highest BCUT2D eigenvalue weighted by molar-refractivity contribution is 6.04. The molecule has 142 valence electrons. The highest BCUT2D eigenvalue weighted by atomic mass is 19.3. The van der Waals surface area contributed by atoms with Crippen LogP contribution in [0, 0.1) is 0 Å². The highest BCUT2D eigenvalue weighted by Gasteiger charge is 2.28. The van der Waals surface area contributed by atoms with E-state index in [0.717, 1.165) is 0 Å². The predicted molar refractivity (Wildman–Crippen MR) is 92.4 cm³/mol. The molecular formula is C19H17F2NO5. The molecule has 1 heterocycles. The van der Waals surface area contributed by atoms with E-state index in [4.69, 9.17) is 14.3 Å². The van der Waals surface area contributed by atoms with Gasteiger partial charge in [0.15, 0.2) is 0 Å². The summed E-state index contributed by atoms with van der Waals surface area (Å²) in [5.74, 6) is -0.153. The fraction of sp³-hybridized carbons (Fsp3) is 0.263. The van der Waals surface area contributed by atoms with Gasteiger partial charge < -0.3 is 19.0 Å². The van der Waals surface area contributed by atoms with E-state index in [0.29, 0.717) is 34.6 Å². The third-order valence-electron chi connectivity index (χ3n) is 4.02. The van der Waals surface area contributed by atoms with Crippen LogP contribution in [0.4, 0.5) is 8.78 Å². The van der Waals surface area contributed by atoms with Crippen molar-refractivity contribution in [2.75, 3.05) is 14.2 Å². The Bertz CT molecular complexity index is 869. The lowest BCUT2D eigenvalue weighted by Crippen LogP contribution is -2.21. The average Bonchev–Trinajstić information content (AvgIpc) is 2.66. The zero-order chi connectivity index (χ0) is 19.4. The van der Waals surface area contributed by atoms with Gasteiger partial charge in [-0.3, -0.25) is 0 Å². The number of rotatable bonds is 5. The van der Waals surface area contributed by atoms with Crippen molar-refractivity contribution in [3.63, 3.8) is 0 Å². The van der Waals surface area contributed by atoms with Gasteiger partial charge in [0, 0.05) is 18.1 Å². The SMILES string of the molecule is CON=C1C[C@H](c2cccc(C(=O)OC)c2)Oc2cc(OC(F)F)ccc21. The topological polar surface area (TPSA) is 66.4 Å². The van der Waals surface area contributed by atoms with Gasteiger partial charge in [0.25, 0.3) is 0 Å². The number of nitrogens with zero attached hydrogens (tertiary/aromatic N) is 1. The van der Waals surface area contributed by atoms with Gasteiger partial charge in [-0.1, -0.05) is 17.3 Å². The quantitative estimate of drug-likeness (QED) is 0.583. The molecule has 2 aromatic rings. The third kappa shape index (κ3) is 4.16. The number of oxime groups is 1. The molecular weight excluding hydrogens is 360 g/mol. The van der Waals surface area contributed by atoms with E-state index in [1.807, 2.05) is 0 Å². The Morgan fingerprint density at radius 2 is 2.04 bits per heavy atom. The molecule has 2 aromatic carbocycles. The minimum absolute atomic E-state index is 0.0236. The van der Waals surface area contributed by atoms with Crippen molar-refractivity contribution < 1.29 is 32.6 Å². The molecule has 0 saturated heterocycles. The molecule has 0 aromatic heterocycles. The number of fused-ring (bicyclic) bond motifs is 1. The van der Waals surface area contributed by atoms with Crippen LogP contribution in [0.3, 0.4) is 0 Å². The molecule has 0 N–H and O–H groups in total. The number of methoxy groups -OCH3 is 1. The van der Waals surface area contributed by atoms with Crippen LogP contribution in [-0.2, 0) is 9.57 Å². The molecule has 6 nitrogen and oxygen atoms in total. The van der Waals surface area contributed by atoms with Gasteiger partial charge in [-0.05, 0) is 29.8 Å². The molecule has 0 amide bonds. The molecule has 1 aliphatic heterocycles. The van der Waals surface area contributed by atoms with Crippen LogP contribution in [0.5, 0.6) is 11.5 Å². The molecule has 0 radical (unpaired) electrons. The molecule has 0 fully saturated rings. The smallest absolute Gasteiger partial charge is 0.387 e. The maximum absolute atomic E-state index is 12.5. The van der Waals surface area contributed by atoms with Crippen molar-refractivity contribution in [2.24, 2.45) is 5.16 Å². The van der Waals surface area contributed by atoms with Crippen LogP contribution in [0.2, 0.25) is 0 Å². The first-order chi connectivity index (χ1) is 13.0. The number of esters is 1. The fourth-order valence-corrected chi connectivity index (χ4v) is 2.86. The Labute approximate surface area is 154 Å². The van der Waals surface area contributed by atoms with E-state index in [2.05, 4.69) is 9.89 Å².